The Balaban J connectivity index is 2.08. The number of rotatable bonds is 1. The lowest BCUT2D eigenvalue weighted by molar-refractivity contribution is -0.120. The number of amides is 1. The predicted octanol–water partition coefficient (Wildman–Crippen LogP) is 2.85. The van der Waals surface area contributed by atoms with Crippen LogP contribution in [0.4, 0.5) is 10.1 Å². The Bertz CT molecular complexity index is 654. The third-order valence-corrected chi connectivity index (χ3v) is 3.20. The fourth-order valence-corrected chi connectivity index (χ4v) is 2.12. The van der Waals surface area contributed by atoms with Crippen molar-refractivity contribution in [1.29, 1.82) is 0 Å². The lowest BCUT2D eigenvalue weighted by atomic mass is 10.0. The topological polar surface area (TPSA) is 29.5 Å². The molecule has 1 aliphatic heterocycles. The van der Waals surface area contributed by atoms with E-state index in [-0.39, 0.29) is 18.3 Å². The Hall–Kier alpha value is -2.36. The van der Waals surface area contributed by atoms with Gasteiger partial charge in [0.15, 0.2) is 6.61 Å². The molecule has 0 spiro atoms. The molecule has 96 valence electrons. The van der Waals surface area contributed by atoms with E-state index in [1.807, 2.05) is 18.2 Å². The zero-order valence-corrected chi connectivity index (χ0v) is 10.4. The van der Waals surface area contributed by atoms with Crippen LogP contribution in [0.1, 0.15) is 0 Å². The first-order valence-electron chi connectivity index (χ1n) is 5.94. The number of hydrogen-bond donors (Lipinski definition) is 0. The highest BCUT2D eigenvalue weighted by Gasteiger charge is 2.22. The summed E-state index contributed by atoms with van der Waals surface area (Å²) in [5.41, 5.74) is 2.33. The summed E-state index contributed by atoms with van der Waals surface area (Å²) in [4.78, 5) is 13.2. The quantitative estimate of drug-likeness (QED) is 0.786. The lowest BCUT2D eigenvalue weighted by Crippen LogP contribution is -2.35. The molecular weight excluding hydrogens is 245 g/mol. The van der Waals surface area contributed by atoms with Crippen molar-refractivity contribution in [2.24, 2.45) is 0 Å². The summed E-state index contributed by atoms with van der Waals surface area (Å²) in [7, 11) is 1.71. The Morgan fingerprint density at radius 1 is 1.16 bits per heavy atom. The summed E-state index contributed by atoms with van der Waals surface area (Å²) in [6.45, 7) is 0.0583. The average molecular weight is 257 g/mol. The molecule has 2 aromatic rings. The second-order valence-electron chi connectivity index (χ2n) is 4.43. The Kier molecular flexibility index (Phi) is 2.71. The van der Waals surface area contributed by atoms with Crippen LogP contribution in [0.2, 0.25) is 0 Å². The van der Waals surface area contributed by atoms with E-state index in [4.69, 9.17) is 4.74 Å². The van der Waals surface area contributed by atoms with E-state index < -0.39 is 0 Å². The molecule has 1 amide bonds. The van der Waals surface area contributed by atoms with Gasteiger partial charge in [-0.3, -0.25) is 4.79 Å². The number of ether oxygens (including phenoxy) is 1. The van der Waals surface area contributed by atoms with Gasteiger partial charge in [0.25, 0.3) is 5.91 Å². The van der Waals surface area contributed by atoms with E-state index in [0.29, 0.717) is 11.4 Å². The molecule has 0 unspecified atom stereocenters. The predicted molar refractivity (Wildman–Crippen MR) is 70.7 cm³/mol. The number of carbonyl (C=O) groups is 1. The minimum Gasteiger partial charge on any atom is -0.482 e. The van der Waals surface area contributed by atoms with Crippen molar-refractivity contribution in [2.75, 3.05) is 18.6 Å². The molecule has 2 aromatic carbocycles. The molecule has 0 atom stereocenters. The number of fused-ring (bicyclic) bond motifs is 1. The van der Waals surface area contributed by atoms with E-state index in [2.05, 4.69) is 0 Å². The van der Waals surface area contributed by atoms with Crippen LogP contribution in [-0.4, -0.2) is 19.6 Å². The van der Waals surface area contributed by atoms with Gasteiger partial charge in [0.1, 0.15) is 11.6 Å². The molecule has 0 N–H and O–H groups in total. The molecule has 0 bridgehead atoms. The summed E-state index contributed by atoms with van der Waals surface area (Å²) >= 11 is 0. The van der Waals surface area contributed by atoms with Gasteiger partial charge < -0.3 is 9.64 Å². The van der Waals surface area contributed by atoms with Crippen LogP contribution in [-0.2, 0) is 4.79 Å². The number of nitrogens with zero attached hydrogens (tertiary/aromatic N) is 1. The number of likely N-dealkylation sites (N-methyl/N-ethyl adjacent to an activating group) is 1. The van der Waals surface area contributed by atoms with Crippen molar-refractivity contribution in [2.45, 2.75) is 0 Å². The minimum atomic E-state index is -0.282. The van der Waals surface area contributed by atoms with Crippen molar-refractivity contribution < 1.29 is 13.9 Å². The molecule has 19 heavy (non-hydrogen) atoms. The van der Waals surface area contributed by atoms with Crippen LogP contribution in [0.5, 0.6) is 5.75 Å². The highest BCUT2D eigenvalue weighted by atomic mass is 19.1. The van der Waals surface area contributed by atoms with Gasteiger partial charge in [0.05, 0.1) is 5.69 Å². The molecule has 0 aliphatic carbocycles. The zero-order valence-electron chi connectivity index (χ0n) is 10.4. The number of benzene rings is 2. The third kappa shape index (κ3) is 2.05. The van der Waals surface area contributed by atoms with Gasteiger partial charge in [0, 0.05) is 7.05 Å². The van der Waals surface area contributed by atoms with E-state index in [1.54, 1.807) is 24.1 Å². The highest BCUT2D eigenvalue weighted by molar-refractivity contribution is 5.98. The van der Waals surface area contributed by atoms with Crippen LogP contribution in [0.3, 0.4) is 0 Å². The van der Waals surface area contributed by atoms with Crippen molar-refractivity contribution in [1.82, 2.24) is 0 Å². The van der Waals surface area contributed by atoms with Gasteiger partial charge in [0.2, 0.25) is 0 Å². The summed E-state index contributed by atoms with van der Waals surface area (Å²) < 4.78 is 18.6. The van der Waals surface area contributed by atoms with E-state index in [0.717, 1.165) is 11.1 Å². The fourth-order valence-electron chi connectivity index (χ4n) is 2.12. The number of halogens is 1. The first kappa shape index (κ1) is 11.7. The van der Waals surface area contributed by atoms with E-state index >= 15 is 0 Å². The van der Waals surface area contributed by atoms with Crippen molar-refractivity contribution in [3.63, 3.8) is 0 Å². The first-order valence-corrected chi connectivity index (χ1v) is 5.94. The molecular formula is C15H12FNO2. The van der Waals surface area contributed by atoms with Gasteiger partial charge in [-0.1, -0.05) is 18.2 Å². The maximum absolute atomic E-state index is 13.2. The summed E-state index contributed by atoms with van der Waals surface area (Å²) in [5.74, 6) is 0.294. The zero-order chi connectivity index (χ0) is 13.4. The van der Waals surface area contributed by atoms with Crippen molar-refractivity contribution in [3.05, 3.63) is 48.3 Å². The van der Waals surface area contributed by atoms with Crippen LogP contribution < -0.4 is 9.64 Å². The van der Waals surface area contributed by atoms with Crippen LogP contribution in [0, 0.1) is 5.82 Å². The lowest BCUT2D eigenvalue weighted by Gasteiger charge is -2.26. The van der Waals surface area contributed by atoms with Gasteiger partial charge >= 0.3 is 0 Å². The van der Waals surface area contributed by atoms with Gasteiger partial charge in [-0.2, -0.15) is 0 Å². The first-order chi connectivity index (χ1) is 9.15. The van der Waals surface area contributed by atoms with Crippen LogP contribution in [0.15, 0.2) is 42.5 Å². The third-order valence-electron chi connectivity index (χ3n) is 3.20. The summed E-state index contributed by atoms with van der Waals surface area (Å²) in [5, 5.41) is 0. The smallest absolute Gasteiger partial charge is 0.264 e. The fraction of sp³-hybridized carbons (Fsp3) is 0.133. The molecule has 4 heteroatoms. The molecule has 0 saturated carbocycles. The summed E-state index contributed by atoms with van der Waals surface area (Å²) in [6, 6.07) is 11.9. The second kappa shape index (κ2) is 4.39. The monoisotopic (exact) mass is 257 g/mol. The van der Waals surface area contributed by atoms with Crippen LogP contribution >= 0.6 is 0 Å². The molecule has 0 fully saturated rings. The Morgan fingerprint density at radius 2 is 1.95 bits per heavy atom. The molecule has 3 rings (SSSR count). The molecule has 1 aliphatic rings. The Morgan fingerprint density at radius 3 is 2.74 bits per heavy atom. The van der Waals surface area contributed by atoms with Crippen molar-refractivity contribution in [3.8, 4) is 16.9 Å². The van der Waals surface area contributed by atoms with Gasteiger partial charge in [-0.25, -0.2) is 4.39 Å². The number of anilines is 1. The van der Waals surface area contributed by atoms with Crippen molar-refractivity contribution >= 4 is 11.6 Å². The summed E-state index contributed by atoms with van der Waals surface area (Å²) in [6.07, 6.45) is 0. The van der Waals surface area contributed by atoms with Crippen LogP contribution in [0.25, 0.3) is 11.1 Å². The molecule has 0 saturated heterocycles. The average Bonchev–Trinajstić information content (AvgIpc) is 2.43. The van der Waals surface area contributed by atoms with Gasteiger partial charge in [-0.05, 0) is 35.4 Å². The standard InChI is InChI=1S/C15H12FNO2/c1-17-13-8-11(10-3-2-4-12(16)7-10)5-6-14(13)19-9-15(17)18/h2-8H,9H2,1H3. The molecule has 0 aromatic heterocycles. The highest BCUT2D eigenvalue weighted by Crippen LogP contribution is 2.35. The van der Waals surface area contributed by atoms with E-state index in [9.17, 15) is 9.18 Å². The maximum atomic E-state index is 13.2. The van der Waals surface area contributed by atoms with Gasteiger partial charge in [-0.15, -0.1) is 0 Å². The number of hydrogen-bond acceptors (Lipinski definition) is 2. The van der Waals surface area contributed by atoms with E-state index in [1.165, 1.54) is 12.1 Å². The molecule has 1 heterocycles. The second-order valence-corrected chi connectivity index (χ2v) is 4.43. The molecule has 0 radical (unpaired) electrons. The Labute approximate surface area is 110 Å². The maximum Gasteiger partial charge on any atom is 0.264 e. The normalized spacial score (nSPS) is 14.0. The minimum absolute atomic E-state index is 0.0583. The largest absolute Gasteiger partial charge is 0.482 e. The number of carbonyl (C=O) groups excluding carboxylic acids is 1. The molecule has 3 nitrogen and oxygen atoms in total. The SMILES string of the molecule is CN1C(=O)COc2ccc(-c3cccc(F)c3)cc21.